The molecule has 1 amide bonds. The number of benzene rings is 1. The predicted molar refractivity (Wildman–Crippen MR) is 123 cm³/mol. The molecule has 4 rings (SSSR count). The van der Waals surface area contributed by atoms with Gasteiger partial charge in [-0.1, -0.05) is 13.8 Å². The topological polar surface area (TPSA) is 99.2 Å². The van der Waals surface area contributed by atoms with Crippen molar-refractivity contribution in [3.8, 4) is 0 Å². The van der Waals surface area contributed by atoms with Crippen LogP contribution < -0.4 is 5.32 Å². The van der Waals surface area contributed by atoms with Crippen LogP contribution in [0.5, 0.6) is 0 Å². The lowest BCUT2D eigenvalue weighted by Gasteiger charge is -2.14. The summed E-state index contributed by atoms with van der Waals surface area (Å²) in [5.74, 6) is -2.21. The van der Waals surface area contributed by atoms with Crippen LogP contribution in [0.4, 0.5) is 8.78 Å². The third-order valence-electron chi connectivity index (χ3n) is 5.36. The van der Waals surface area contributed by atoms with Crippen LogP contribution in [0.15, 0.2) is 47.2 Å². The summed E-state index contributed by atoms with van der Waals surface area (Å²) in [5, 5.41) is 3.25. The van der Waals surface area contributed by atoms with Gasteiger partial charge in [0.15, 0.2) is 5.69 Å². The third-order valence-corrected chi connectivity index (χ3v) is 5.36. The quantitative estimate of drug-likeness (QED) is 0.369. The highest BCUT2D eigenvalue weighted by Crippen LogP contribution is 2.31. The van der Waals surface area contributed by atoms with E-state index in [0.717, 1.165) is 18.2 Å². The number of hydrogen-bond acceptors (Lipinski definition) is 6. The van der Waals surface area contributed by atoms with Gasteiger partial charge in [0.25, 0.3) is 5.91 Å². The molecule has 0 bridgehead atoms. The van der Waals surface area contributed by atoms with Gasteiger partial charge in [0.1, 0.15) is 30.1 Å². The molecule has 0 spiro atoms. The van der Waals surface area contributed by atoms with Gasteiger partial charge in [-0.25, -0.2) is 23.5 Å². The molecule has 0 saturated carbocycles. The molecular formula is C25H24F2N4O4. The normalized spacial score (nSPS) is 11.3. The number of ether oxygens (including phenoxy) is 1. The third kappa shape index (κ3) is 5.06. The zero-order valence-electron chi connectivity index (χ0n) is 19.5. The van der Waals surface area contributed by atoms with Gasteiger partial charge < -0.3 is 19.0 Å². The van der Waals surface area contributed by atoms with Crippen molar-refractivity contribution in [3.05, 3.63) is 82.8 Å². The highest BCUT2D eigenvalue weighted by Gasteiger charge is 2.27. The molecule has 0 unspecified atom stereocenters. The first kappa shape index (κ1) is 24.1. The van der Waals surface area contributed by atoms with Crippen molar-refractivity contribution in [1.82, 2.24) is 19.9 Å². The number of amides is 1. The molecule has 4 aromatic rings. The van der Waals surface area contributed by atoms with E-state index in [4.69, 9.17) is 9.15 Å². The maximum Gasteiger partial charge on any atom is 0.356 e. The molecule has 1 N–H and O–H groups in total. The number of hydrogen-bond donors (Lipinski definition) is 1. The van der Waals surface area contributed by atoms with Gasteiger partial charge in [-0.2, -0.15) is 0 Å². The Morgan fingerprint density at radius 3 is 2.54 bits per heavy atom. The van der Waals surface area contributed by atoms with E-state index in [1.54, 1.807) is 17.6 Å². The number of esters is 1. The molecule has 3 heterocycles. The van der Waals surface area contributed by atoms with Gasteiger partial charge in [-0.15, -0.1) is 0 Å². The minimum Gasteiger partial charge on any atom is -0.461 e. The van der Waals surface area contributed by atoms with Gasteiger partial charge >= 0.3 is 5.97 Å². The maximum atomic E-state index is 13.6. The minimum atomic E-state index is -0.727. The summed E-state index contributed by atoms with van der Waals surface area (Å²) in [5.41, 5.74) is 1.77. The van der Waals surface area contributed by atoms with Crippen LogP contribution in [0, 0.1) is 11.6 Å². The van der Waals surface area contributed by atoms with Crippen LogP contribution >= 0.6 is 0 Å². The number of aromatic nitrogens is 3. The number of carbonyl (C=O) groups is 2. The fourth-order valence-corrected chi connectivity index (χ4v) is 4.00. The zero-order chi connectivity index (χ0) is 25.1. The molecule has 0 atom stereocenters. The van der Waals surface area contributed by atoms with Gasteiger partial charge in [0, 0.05) is 23.7 Å². The molecule has 0 aliphatic rings. The number of fused-ring (bicyclic) bond motifs is 1. The van der Waals surface area contributed by atoms with Crippen LogP contribution in [-0.2, 0) is 17.8 Å². The first-order chi connectivity index (χ1) is 16.8. The van der Waals surface area contributed by atoms with Gasteiger partial charge in [-0.05, 0) is 42.7 Å². The molecule has 10 heteroatoms. The fraction of sp³-hybridized carbons (Fsp3) is 0.280. The number of nitrogens with one attached hydrogen (secondary N) is 1. The summed E-state index contributed by atoms with van der Waals surface area (Å²) in [7, 11) is 0. The Morgan fingerprint density at radius 1 is 1.17 bits per heavy atom. The molecule has 0 radical (unpaired) electrons. The summed E-state index contributed by atoms with van der Waals surface area (Å²) in [4.78, 5) is 34.4. The Labute approximate surface area is 199 Å². The van der Waals surface area contributed by atoms with E-state index in [2.05, 4.69) is 15.3 Å². The van der Waals surface area contributed by atoms with Crippen LogP contribution in [0.2, 0.25) is 0 Å². The number of oxazole rings is 1. The van der Waals surface area contributed by atoms with Crippen molar-refractivity contribution in [2.24, 2.45) is 0 Å². The second-order valence-corrected chi connectivity index (χ2v) is 8.18. The number of rotatable bonds is 8. The molecule has 8 nitrogen and oxygen atoms in total. The Morgan fingerprint density at radius 2 is 1.91 bits per heavy atom. The van der Waals surface area contributed by atoms with Crippen LogP contribution in [0.25, 0.3) is 11.0 Å². The van der Waals surface area contributed by atoms with E-state index in [0.29, 0.717) is 28.2 Å². The molecule has 35 heavy (non-hydrogen) atoms. The Bertz CT molecular complexity index is 1360. The molecule has 0 aliphatic heterocycles. The molecular weight excluding hydrogens is 458 g/mol. The highest BCUT2D eigenvalue weighted by molar-refractivity contribution is 6.08. The van der Waals surface area contributed by atoms with E-state index in [9.17, 15) is 18.4 Å². The highest BCUT2D eigenvalue weighted by atomic mass is 19.1. The lowest BCUT2D eigenvalue weighted by atomic mass is 10.0. The fourth-order valence-electron chi connectivity index (χ4n) is 4.00. The lowest BCUT2D eigenvalue weighted by Crippen LogP contribution is -2.24. The smallest absolute Gasteiger partial charge is 0.356 e. The van der Waals surface area contributed by atoms with Gasteiger partial charge in [-0.3, -0.25) is 4.79 Å². The van der Waals surface area contributed by atoms with E-state index >= 15 is 0 Å². The van der Waals surface area contributed by atoms with Crippen molar-refractivity contribution < 1.29 is 27.5 Å². The number of nitrogens with zero attached hydrogens (tertiary/aromatic N) is 3. The van der Waals surface area contributed by atoms with Crippen molar-refractivity contribution in [2.75, 3.05) is 6.61 Å². The van der Waals surface area contributed by atoms with Crippen molar-refractivity contribution in [1.29, 1.82) is 0 Å². The number of pyridine rings is 1. The Balaban J connectivity index is 1.80. The van der Waals surface area contributed by atoms with Gasteiger partial charge in [0.2, 0.25) is 5.89 Å². The molecule has 0 saturated heterocycles. The monoisotopic (exact) mass is 482 g/mol. The van der Waals surface area contributed by atoms with E-state index in [1.807, 2.05) is 13.8 Å². The predicted octanol–water partition coefficient (Wildman–Crippen LogP) is 4.58. The van der Waals surface area contributed by atoms with Gasteiger partial charge in [0.05, 0.1) is 18.4 Å². The average Bonchev–Trinajstić information content (AvgIpc) is 3.43. The first-order valence-corrected chi connectivity index (χ1v) is 11.1. The SMILES string of the molecule is CCOC(=O)c1ccc2c(C(=O)NCc3cc(F)cc(F)c3)c(C(C)C)n(Cc3ncco3)c2n1. The second kappa shape index (κ2) is 10.0. The summed E-state index contributed by atoms with van der Waals surface area (Å²) in [6.45, 7) is 5.84. The first-order valence-electron chi connectivity index (χ1n) is 11.1. The maximum absolute atomic E-state index is 13.6. The number of halogens is 2. The second-order valence-electron chi connectivity index (χ2n) is 8.18. The standard InChI is InChI=1S/C25H24F2N4O4/c1-4-34-25(33)19-6-5-18-21(24(32)29-12-15-9-16(26)11-17(27)10-15)22(14(2)3)31(23(18)30-19)13-20-28-7-8-35-20/h5-11,14H,4,12-13H2,1-3H3,(H,29,32). The van der Waals surface area contributed by atoms with Crippen molar-refractivity contribution >= 4 is 22.9 Å². The van der Waals surface area contributed by atoms with Crippen molar-refractivity contribution in [3.63, 3.8) is 0 Å². The summed E-state index contributed by atoms with van der Waals surface area (Å²) >= 11 is 0. The zero-order valence-corrected chi connectivity index (χ0v) is 19.5. The molecule has 182 valence electrons. The van der Waals surface area contributed by atoms with Crippen LogP contribution in [0.3, 0.4) is 0 Å². The molecule has 0 fully saturated rings. The Kier molecular flexibility index (Phi) is 6.90. The van der Waals surface area contributed by atoms with E-state index in [-0.39, 0.29) is 36.9 Å². The summed E-state index contributed by atoms with van der Waals surface area (Å²) in [6, 6.07) is 6.23. The molecule has 0 aliphatic carbocycles. The number of carbonyl (C=O) groups excluding carboxylic acids is 2. The average molecular weight is 482 g/mol. The molecule has 1 aromatic carbocycles. The largest absolute Gasteiger partial charge is 0.461 e. The minimum absolute atomic E-state index is 0.0776. The van der Waals surface area contributed by atoms with Crippen molar-refractivity contribution in [2.45, 2.75) is 39.8 Å². The van der Waals surface area contributed by atoms with Crippen LogP contribution in [0.1, 0.15) is 64.7 Å². The Hall–Kier alpha value is -4.08. The summed E-state index contributed by atoms with van der Waals surface area (Å²) in [6.07, 6.45) is 2.96. The van der Waals surface area contributed by atoms with Crippen LogP contribution in [-0.4, -0.2) is 33.0 Å². The lowest BCUT2D eigenvalue weighted by molar-refractivity contribution is 0.0519. The molecule has 3 aromatic heterocycles. The van der Waals surface area contributed by atoms with E-state index < -0.39 is 23.5 Å². The van der Waals surface area contributed by atoms with E-state index in [1.165, 1.54) is 18.5 Å². The summed E-state index contributed by atoms with van der Waals surface area (Å²) < 4.78 is 39.4.